The summed E-state index contributed by atoms with van der Waals surface area (Å²) in [5, 5.41) is 22.1. The lowest BCUT2D eigenvalue weighted by molar-refractivity contribution is -0.122. The molecule has 0 aliphatic carbocycles. The molecule has 7 heteroatoms. The molecule has 0 radical (unpaired) electrons. The second-order valence-corrected chi connectivity index (χ2v) is 4.11. The van der Waals surface area contributed by atoms with E-state index >= 15 is 0 Å². The Morgan fingerprint density at radius 1 is 1.60 bits per heavy atom. The van der Waals surface area contributed by atoms with Gasteiger partial charge in [-0.3, -0.25) is 4.79 Å². The van der Waals surface area contributed by atoms with Crippen LogP contribution in [0.2, 0.25) is 0 Å². The highest BCUT2D eigenvalue weighted by Crippen LogP contribution is 2.10. The summed E-state index contributed by atoms with van der Waals surface area (Å²) in [4.78, 5) is 11.4. The third kappa shape index (κ3) is 4.03. The highest BCUT2D eigenvalue weighted by Gasteiger charge is 2.17. The molecule has 0 aliphatic heterocycles. The molecule has 0 saturated carbocycles. The van der Waals surface area contributed by atoms with Gasteiger partial charge < -0.3 is 10.4 Å². The molecule has 1 aromatic heterocycles. The molecule has 1 aromatic rings. The van der Waals surface area contributed by atoms with Gasteiger partial charge >= 0.3 is 0 Å². The minimum Gasteiger partial charge on any atom is -0.396 e. The van der Waals surface area contributed by atoms with E-state index in [0.717, 1.165) is 0 Å². The third-order valence-electron chi connectivity index (χ3n) is 1.89. The van der Waals surface area contributed by atoms with Crippen molar-refractivity contribution in [3.8, 4) is 0 Å². The molecule has 0 fully saturated rings. The van der Waals surface area contributed by atoms with Crippen LogP contribution < -0.4 is 5.32 Å². The first-order chi connectivity index (χ1) is 7.03. The number of aliphatic hydroxyl groups excluding tert-OH is 1. The Morgan fingerprint density at radius 3 is 2.87 bits per heavy atom. The Labute approximate surface area is 87.5 Å². The predicted octanol–water partition coefficient (Wildman–Crippen LogP) is -1.19. The summed E-state index contributed by atoms with van der Waals surface area (Å²) in [5.74, 6) is -0.177. The molecule has 0 saturated heterocycles. The van der Waals surface area contributed by atoms with E-state index in [-0.39, 0.29) is 24.5 Å². The van der Waals surface area contributed by atoms with Crippen LogP contribution in [0.15, 0.2) is 6.33 Å². The zero-order chi connectivity index (χ0) is 11.3. The summed E-state index contributed by atoms with van der Waals surface area (Å²) in [5.41, 5.74) is -0.309. The Bertz CT molecular complexity index is 309. The predicted molar refractivity (Wildman–Crippen MR) is 51.7 cm³/mol. The first-order valence-electron chi connectivity index (χ1n) is 4.62. The number of carbonyl (C=O) groups is 1. The lowest BCUT2D eigenvalue weighted by Gasteiger charge is -2.21. The largest absolute Gasteiger partial charge is 0.396 e. The van der Waals surface area contributed by atoms with Gasteiger partial charge in [0.1, 0.15) is 12.9 Å². The fourth-order valence-corrected chi connectivity index (χ4v) is 0.850. The van der Waals surface area contributed by atoms with Gasteiger partial charge in [-0.2, -0.15) is 0 Å². The van der Waals surface area contributed by atoms with Crippen LogP contribution in [0.4, 0.5) is 0 Å². The standard InChI is InChI=1S/C8H15N5O2/c1-8(2,5-14)4-9-7(15)3-13-6-10-11-12-13/h6,14H,3-5H2,1-2H3,(H,9,15). The number of amides is 1. The van der Waals surface area contributed by atoms with E-state index in [2.05, 4.69) is 20.8 Å². The topological polar surface area (TPSA) is 92.9 Å². The highest BCUT2D eigenvalue weighted by atomic mass is 16.3. The summed E-state index contributed by atoms with van der Waals surface area (Å²) in [6, 6.07) is 0. The van der Waals surface area contributed by atoms with E-state index in [0.29, 0.717) is 6.54 Å². The molecular weight excluding hydrogens is 198 g/mol. The Morgan fingerprint density at radius 2 is 2.33 bits per heavy atom. The number of hydrogen-bond donors (Lipinski definition) is 2. The van der Waals surface area contributed by atoms with E-state index in [1.807, 2.05) is 13.8 Å². The lowest BCUT2D eigenvalue weighted by atomic mass is 9.95. The number of hydrogen-bond acceptors (Lipinski definition) is 5. The van der Waals surface area contributed by atoms with Gasteiger partial charge in [-0.1, -0.05) is 13.8 Å². The second kappa shape index (κ2) is 4.83. The summed E-state index contributed by atoms with van der Waals surface area (Å²) >= 11 is 0. The molecule has 0 atom stereocenters. The summed E-state index contributed by atoms with van der Waals surface area (Å²) in [7, 11) is 0. The molecule has 0 aromatic carbocycles. The first-order valence-corrected chi connectivity index (χ1v) is 4.62. The average Bonchev–Trinajstić information content (AvgIpc) is 2.68. The molecule has 7 nitrogen and oxygen atoms in total. The van der Waals surface area contributed by atoms with Crippen molar-refractivity contribution in [2.75, 3.05) is 13.2 Å². The zero-order valence-corrected chi connectivity index (χ0v) is 8.84. The minimum absolute atomic E-state index is 0.0260. The van der Waals surface area contributed by atoms with E-state index in [4.69, 9.17) is 5.11 Å². The lowest BCUT2D eigenvalue weighted by Crippen LogP contribution is -2.37. The van der Waals surface area contributed by atoms with Crippen LogP contribution in [0.5, 0.6) is 0 Å². The molecule has 1 heterocycles. The van der Waals surface area contributed by atoms with Crippen molar-refractivity contribution in [3.63, 3.8) is 0 Å². The van der Waals surface area contributed by atoms with Crippen LogP contribution in [-0.2, 0) is 11.3 Å². The van der Waals surface area contributed by atoms with Crippen molar-refractivity contribution in [2.45, 2.75) is 20.4 Å². The zero-order valence-electron chi connectivity index (χ0n) is 8.84. The molecule has 84 valence electrons. The number of tetrazole rings is 1. The third-order valence-corrected chi connectivity index (χ3v) is 1.89. The van der Waals surface area contributed by atoms with Gasteiger partial charge in [-0.15, -0.1) is 5.10 Å². The number of aromatic nitrogens is 4. The summed E-state index contributed by atoms with van der Waals surface area (Å²) in [6.45, 7) is 4.27. The number of nitrogens with zero attached hydrogens (tertiary/aromatic N) is 4. The van der Waals surface area contributed by atoms with Crippen molar-refractivity contribution in [1.82, 2.24) is 25.5 Å². The van der Waals surface area contributed by atoms with Gasteiger partial charge in [0.2, 0.25) is 5.91 Å². The van der Waals surface area contributed by atoms with Crippen molar-refractivity contribution in [1.29, 1.82) is 0 Å². The van der Waals surface area contributed by atoms with Gasteiger partial charge in [0.05, 0.1) is 0 Å². The van der Waals surface area contributed by atoms with Crippen LogP contribution in [-0.4, -0.2) is 44.4 Å². The van der Waals surface area contributed by atoms with Crippen molar-refractivity contribution < 1.29 is 9.90 Å². The van der Waals surface area contributed by atoms with Gasteiger partial charge in [0, 0.05) is 18.6 Å². The molecule has 1 amide bonds. The van der Waals surface area contributed by atoms with E-state index in [9.17, 15) is 4.79 Å². The van der Waals surface area contributed by atoms with Gasteiger partial charge in [0.15, 0.2) is 0 Å². The summed E-state index contributed by atoms with van der Waals surface area (Å²) in [6.07, 6.45) is 1.37. The normalized spacial score (nSPS) is 11.4. The minimum atomic E-state index is -0.309. The Hall–Kier alpha value is -1.50. The number of nitrogens with one attached hydrogen (secondary N) is 1. The molecule has 2 N–H and O–H groups in total. The fraction of sp³-hybridized carbons (Fsp3) is 0.750. The van der Waals surface area contributed by atoms with Gasteiger partial charge in [-0.05, 0) is 10.4 Å². The van der Waals surface area contributed by atoms with Crippen molar-refractivity contribution >= 4 is 5.91 Å². The smallest absolute Gasteiger partial charge is 0.241 e. The van der Waals surface area contributed by atoms with Crippen LogP contribution in [0, 0.1) is 5.41 Å². The van der Waals surface area contributed by atoms with Crippen LogP contribution in [0.1, 0.15) is 13.8 Å². The van der Waals surface area contributed by atoms with Crippen molar-refractivity contribution in [2.24, 2.45) is 5.41 Å². The molecule has 1 rings (SSSR count). The molecule has 0 unspecified atom stereocenters. The molecule has 15 heavy (non-hydrogen) atoms. The van der Waals surface area contributed by atoms with E-state index in [1.165, 1.54) is 11.0 Å². The second-order valence-electron chi connectivity index (χ2n) is 4.11. The maximum Gasteiger partial charge on any atom is 0.241 e. The SMILES string of the molecule is CC(C)(CO)CNC(=O)Cn1cnnn1. The molecular formula is C8H15N5O2. The maximum atomic E-state index is 11.4. The number of aliphatic hydroxyl groups is 1. The highest BCUT2D eigenvalue weighted by molar-refractivity contribution is 5.75. The Kier molecular flexibility index (Phi) is 3.73. The number of carbonyl (C=O) groups excluding carboxylic acids is 1. The molecule has 0 bridgehead atoms. The van der Waals surface area contributed by atoms with Gasteiger partial charge in [-0.25, -0.2) is 4.68 Å². The average molecular weight is 213 g/mol. The van der Waals surface area contributed by atoms with E-state index < -0.39 is 0 Å². The fourth-order valence-electron chi connectivity index (χ4n) is 0.850. The molecule has 0 aliphatic rings. The van der Waals surface area contributed by atoms with E-state index in [1.54, 1.807) is 0 Å². The van der Waals surface area contributed by atoms with Crippen LogP contribution in [0.3, 0.4) is 0 Å². The van der Waals surface area contributed by atoms with Gasteiger partial charge in [0.25, 0.3) is 0 Å². The molecule has 0 spiro atoms. The Balaban J connectivity index is 2.31. The van der Waals surface area contributed by atoms with Crippen LogP contribution >= 0.6 is 0 Å². The monoisotopic (exact) mass is 213 g/mol. The number of rotatable bonds is 5. The van der Waals surface area contributed by atoms with Crippen molar-refractivity contribution in [3.05, 3.63) is 6.33 Å². The first kappa shape index (κ1) is 11.6. The quantitative estimate of drug-likeness (QED) is 0.641. The maximum absolute atomic E-state index is 11.4. The van der Waals surface area contributed by atoms with Crippen LogP contribution in [0.25, 0.3) is 0 Å². The summed E-state index contributed by atoms with van der Waals surface area (Å²) < 4.78 is 1.33.